The Hall–Kier alpha value is -0.830. The molecule has 0 spiro atoms. The molecule has 1 aromatic rings. The fourth-order valence-corrected chi connectivity index (χ4v) is 2.85. The highest BCUT2D eigenvalue weighted by molar-refractivity contribution is 5.05. The lowest BCUT2D eigenvalue weighted by Gasteiger charge is -2.30. The Morgan fingerprint density at radius 3 is 2.75 bits per heavy atom. The van der Waals surface area contributed by atoms with E-state index in [0.29, 0.717) is 0 Å². The largest absolute Gasteiger partial charge is 0.330 e. The van der Waals surface area contributed by atoms with E-state index in [-0.39, 0.29) is 0 Å². The van der Waals surface area contributed by atoms with Crippen LogP contribution in [0.15, 0.2) is 12.4 Å². The van der Waals surface area contributed by atoms with E-state index < -0.39 is 0 Å². The Bertz CT molecular complexity index is 319. The van der Waals surface area contributed by atoms with Gasteiger partial charge in [0.2, 0.25) is 0 Å². The maximum absolute atomic E-state index is 5.86. The summed E-state index contributed by atoms with van der Waals surface area (Å²) >= 11 is 0. The van der Waals surface area contributed by atoms with Crippen LogP contribution in [0.4, 0.5) is 0 Å². The third-order valence-corrected chi connectivity index (χ3v) is 3.88. The Morgan fingerprint density at radius 2 is 2.12 bits per heavy atom. The van der Waals surface area contributed by atoms with E-state index in [1.54, 1.807) is 0 Å². The Morgan fingerprint density at radius 1 is 1.38 bits per heavy atom. The van der Waals surface area contributed by atoms with E-state index in [1.807, 2.05) is 10.9 Å². The third-order valence-electron chi connectivity index (χ3n) is 3.88. The maximum atomic E-state index is 5.86. The smallest absolute Gasteiger partial charge is 0.0521 e. The lowest BCUT2D eigenvalue weighted by molar-refractivity contribution is 0.242. The topological polar surface area (TPSA) is 43.8 Å². The summed E-state index contributed by atoms with van der Waals surface area (Å²) in [6.45, 7) is 3.94. The lowest BCUT2D eigenvalue weighted by atomic mass is 9.76. The molecule has 1 aliphatic rings. The van der Waals surface area contributed by atoms with E-state index in [2.05, 4.69) is 18.2 Å². The molecule has 2 unspecified atom stereocenters. The summed E-state index contributed by atoms with van der Waals surface area (Å²) in [4.78, 5) is 0. The molecule has 1 fully saturated rings. The van der Waals surface area contributed by atoms with Crippen molar-refractivity contribution in [2.45, 2.75) is 45.6 Å². The van der Waals surface area contributed by atoms with Gasteiger partial charge >= 0.3 is 0 Å². The van der Waals surface area contributed by atoms with Gasteiger partial charge < -0.3 is 5.73 Å². The molecule has 2 N–H and O–H groups in total. The molecule has 3 nitrogen and oxygen atoms in total. The van der Waals surface area contributed by atoms with Gasteiger partial charge in [-0.25, -0.2) is 0 Å². The monoisotopic (exact) mass is 221 g/mol. The van der Waals surface area contributed by atoms with Gasteiger partial charge in [-0.3, -0.25) is 4.68 Å². The second-order valence-electron chi connectivity index (χ2n) is 4.95. The highest BCUT2D eigenvalue weighted by Gasteiger charge is 2.24. The summed E-state index contributed by atoms with van der Waals surface area (Å²) in [6, 6.07) is 0. The molecule has 1 saturated carbocycles. The number of hydrogen-bond acceptors (Lipinski definition) is 2. The van der Waals surface area contributed by atoms with Crippen LogP contribution in [0.1, 0.15) is 38.2 Å². The Kier molecular flexibility index (Phi) is 3.99. The quantitative estimate of drug-likeness (QED) is 0.847. The fourth-order valence-electron chi connectivity index (χ4n) is 2.85. The molecule has 0 aliphatic heterocycles. The zero-order valence-electron chi connectivity index (χ0n) is 10.2. The van der Waals surface area contributed by atoms with Crippen LogP contribution in [0.25, 0.3) is 0 Å². The van der Waals surface area contributed by atoms with Crippen LogP contribution in [0.5, 0.6) is 0 Å². The molecule has 0 bridgehead atoms. The summed E-state index contributed by atoms with van der Waals surface area (Å²) in [5.74, 6) is 1.52. The number of nitrogens with zero attached hydrogens (tertiary/aromatic N) is 2. The summed E-state index contributed by atoms with van der Waals surface area (Å²) in [5.41, 5.74) is 7.24. The summed E-state index contributed by atoms with van der Waals surface area (Å²) < 4.78 is 2.01. The van der Waals surface area contributed by atoms with Crippen LogP contribution in [-0.2, 0) is 13.0 Å². The SMILES string of the molecule is CCn1cc(CC2CCCCC2CN)cn1. The number of rotatable bonds is 4. The van der Waals surface area contributed by atoms with Gasteiger partial charge in [-0.15, -0.1) is 0 Å². The molecule has 16 heavy (non-hydrogen) atoms. The molecular formula is C13H23N3. The first kappa shape index (κ1) is 11.6. The maximum Gasteiger partial charge on any atom is 0.0521 e. The molecule has 1 aliphatic carbocycles. The van der Waals surface area contributed by atoms with E-state index in [1.165, 1.54) is 37.7 Å². The normalized spacial score (nSPS) is 25.9. The van der Waals surface area contributed by atoms with E-state index in [0.717, 1.165) is 24.9 Å². The first-order valence-electron chi connectivity index (χ1n) is 6.55. The molecule has 3 heteroatoms. The summed E-state index contributed by atoms with van der Waals surface area (Å²) in [6.07, 6.45) is 10.8. The summed E-state index contributed by atoms with van der Waals surface area (Å²) in [7, 11) is 0. The first-order valence-corrected chi connectivity index (χ1v) is 6.55. The van der Waals surface area contributed by atoms with Crippen LogP contribution < -0.4 is 5.73 Å². The van der Waals surface area contributed by atoms with Crippen molar-refractivity contribution in [2.24, 2.45) is 17.6 Å². The number of aryl methyl sites for hydroxylation is 1. The van der Waals surface area contributed by atoms with Gasteiger partial charge in [0.05, 0.1) is 6.20 Å². The molecule has 2 rings (SSSR count). The predicted molar refractivity (Wildman–Crippen MR) is 66.1 cm³/mol. The first-order chi connectivity index (χ1) is 7.83. The molecule has 90 valence electrons. The zero-order chi connectivity index (χ0) is 11.4. The van der Waals surface area contributed by atoms with Crippen LogP contribution in [0, 0.1) is 11.8 Å². The summed E-state index contributed by atoms with van der Waals surface area (Å²) in [5, 5.41) is 4.34. The van der Waals surface area contributed by atoms with Crippen LogP contribution >= 0.6 is 0 Å². The van der Waals surface area contributed by atoms with Gasteiger partial charge in [-0.05, 0) is 50.1 Å². The average molecular weight is 221 g/mol. The van der Waals surface area contributed by atoms with Gasteiger partial charge in [0, 0.05) is 12.7 Å². The number of aromatic nitrogens is 2. The Balaban J connectivity index is 1.96. The molecular weight excluding hydrogens is 198 g/mol. The lowest BCUT2D eigenvalue weighted by Crippen LogP contribution is -2.28. The molecule has 1 aromatic heterocycles. The number of nitrogens with two attached hydrogens (primary N) is 1. The zero-order valence-corrected chi connectivity index (χ0v) is 10.2. The second kappa shape index (κ2) is 5.48. The van der Waals surface area contributed by atoms with Gasteiger partial charge in [0.1, 0.15) is 0 Å². The molecule has 0 saturated heterocycles. The molecule has 0 aromatic carbocycles. The van der Waals surface area contributed by atoms with Crippen molar-refractivity contribution in [3.05, 3.63) is 18.0 Å². The van der Waals surface area contributed by atoms with Crippen molar-refractivity contribution >= 4 is 0 Å². The van der Waals surface area contributed by atoms with E-state index in [9.17, 15) is 0 Å². The minimum atomic E-state index is 0.735. The average Bonchev–Trinajstić information content (AvgIpc) is 2.77. The molecule has 0 amide bonds. The molecule has 1 heterocycles. The highest BCUT2D eigenvalue weighted by atomic mass is 15.3. The van der Waals surface area contributed by atoms with Crippen molar-refractivity contribution in [1.82, 2.24) is 9.78 Å². The molecule has 2 atom stereocenters. The van der Waals surface area contributed by atoms with Crippen LogP contribution in [-0.4, -0.2) is 16.3 Å². The van der Waals surface area contributed by atoms with Crippen molar-refractivity contribution in [3.63, 3.8) is 0 Å². The third kappa shape index (κ3) is 2.64. The second-order valence-corrected chi connectivity index (χ2v) is 4.95. The number of hydrogen-bond donors (Lipinski definition) is 1. The van der Waals surface area contributed by atoms with Crippen molar-refractivity contribution in [1.29, 1.82) is 0 Å². The predicted octanol–water partition coefficient (Wildman–Crippen LogP) is 2.21. The van der Waals surface area contributed by atoms with Gasteiger partial charge in [0.15, 0.2) is 0 Å². The van der Waals surface area contributed by atoms with Gasteiger partial charge in [0.25, 0.3) is 0 Å². The van der Waals surface area contributed by atoms with Gasteiger partial charge in [-0.2, -0.15) is 5.10 Å². The minimum absolute atomic E-state index is 0.735. The minimum Gasteiger partial charge on any atom is -0.330 e. The Labute approximate surface area is 98.0 Å². The standard InChI is InChI=1S/C13H23N3/c1-2-16-10-11(9-15-16)7-12-5-3-4-6-13(12)8-14/h9-10,12-13H,2-8,14H2,1H3. The van der Waals surface area contributed by atoms with E-state index in [4.69, 9.17) is 5.73 Å². The van der Waals surface area contributed by atoms with Crippen molar-refractivity contribution in [3.8, 4) is 0 Å². The molecule has 0 radical (unpaired) electrons. The van der Waals surface area contributed by atoms with Crippen LogP contribution in [0.2, 0.25) is 0 Å². The van der Waals surface area contributed by atoms with Crippen LogP contribution in [0.3, 0.4) is 0 Å². The van der Waals surface area contributed by atoms with Crippen molar-refractivity contribution < 1.29 is 0 Å². The van der Waals surface area contributed by atoms with Crippen molar-refractivity contribution in [2.75, 3.05) is 6.54 Å². The highest BCUT2D eigenvalue weighted by Crippen LogP contribution is 2.31. The van der Waals surface area contributed by atoms with E-state index >= 15 is 0 Å². The van der Waals surface area contributed by atoms with Gasteiger partial charge in [-0.1, -0.05) is 12.8 Å². The fraction of sp³-hybridized carbons (Fsp3) is 0.769.